The number of ether oxygens (including phenoxy) is 3. The van der Waals surface area contributed by atoms with Crippen molar-refractivity contribution >= 4 is 17.7 Å². The molecular formula is C28H29FN4O4S. The number of rotatable bonds is 11. The molecule has 0 saturated carbocycles. The van der Waals surface area contributed by atoms with Crippen molar-refractivity contribution in [2.24, 2.45) is 7.05 Å². The van der Waals surface area contributed by atoms with Crippen molar-refractivity contribution in [3.05, 3.63) is 95.1 Å². The van der Waals surface area contributed by atoms with Crippen molar-refractivity contribution in [1.29, 1.82) is 0 Å². The van der Waals surface area contributed by atoms with Crippen LogP contribution in [0.15, 0.2) is 71.9 Å². The lowest BCUT2D eigenvalue weighted by molar-refractivity contribution is 0.0930. The minimum absolute atomic E-state index is 0.263. The van der Waals surface area contributed by atoms with E-state index in [-0.39, 0.29) is 17.5 Å². The fourth-order valence-corrected chi connectivity index (χ4v) is 4.99. The second-order valence-electron chi connectivity index (χ2n) is 8.38. The number of halogens is 1. The van der Waals surface area contributed by atoms with Gasteiger partial charge in [-0.2, -0.15) is 0 Å². The van der Waals surface area contributed by atoms with Gasteiger partial charge in [0.1, 0.15) is 5.82 Å². The Bertz CT molecular complexity index is 1400. The standard InChI is InChI=1S/C28H29FN4O4S/c1-33-26(31-32-28(33)38-17-19-12-8-9-13-21(19)29)22(16-18-10-6-5-7-11-18)30-27(34)20-14-15-23(35-2)25(37-4)24(20)36-3/h5-15,22H,16-17H2,1-4H3,(H,30,34)/t22-/m0/s1. The number of nitrogens with zero attached hydrogens (tertiary/aromatic N) is 3. The number of amides is 1. The maximum atomic E-state index is 14.1. The highest BCUT2D eigenvalue weighted by atomic mass is 32.2. The first-order valence-corrected chi connectivity index (χ1v) is 12.8. The van der Waals surface area contributed by atoms with E-state index >= 15 is 0 Å². The Morgan fingerprint density at radius 1 is 0.947 bits per heavy atom. The summed E-state index contributed by atoms with van der Waals surface area (Å²) in [5, 5.41) is 12.4. The minimum atomic E-state index is -0.511. The largest absolute Gasteiger partial charge is 0.493 e. The Balaban J connectivity index is 1.63. The summed E-state index contributed by atoms with van der Waals surface area (Å²) in [5.41, 5.74) is 1.89. The second-order valence-corrected chi connectivity index (χ2v) is 9.32. The average molecular weight is 537 g/mol. The van der Waals surface area contributed by atoms with Crippen molar-refractivity contribution in [2.45, 2.75) is 23.4 Å². The van der Waals surface area contributed by atoms with Gasteiger partial charge < -0.3 is 24.1 Å². The highest BCUT2D eigenvalue weighted by Crippen LogP contribution is 2.40. The Labute approximate surface area is 225 Å². The van der Waals surface area contributed by atoms with Gasteiger partial charge in [-0.05, 0) is 35.7 Å². The van der Waals surface area contributed by atoms with Gasteiger partial charge in [0, 0.05) is 12.8 Å². The molecule has 0 saturated heterocycles. The molecule has 4 aromatic rings. The van der Waals surface area contributed by atoms with Crippen LogP contribution < -0.4 is 19.5 Å². The van der Waals surface area contributed by atoms with Gasteiger partial charge in [0.15, 0.2) is 22.5 Å². The lowest BCUT2D eigenvalue weighted by atomic mass is 10.0. The third kappa shape index (κ3) is 5.91. The van der Waals surface area contributed by atoms with Gasteiger partial charge in [0.05, 0.1) is 32.9 Å². The van der Waals surface area contributed by atoms with Crippen LogP contribution in [0.25, 0.3) is 0 Å². The highest BCUT2D eigenvalue weighted by molar-refractivity contribution is 7.98. The Morgan fingerprint density at radius 3 is 2.34 bits per heavy atom. The van der Waals surface area contributed by atoms with E-state index < -0.39 is 6.04 Å². The Morgan fingerprint density at radius 2 is 1.66 bits per heavy atom. The maximum Gasteiger partial charge on any atom is 0.255 e. The van der Waals surface area contributed by atoms with Gasteiger partial charge in [-0.25, -0.2) is 4.39 Å². The topological polar surface area (TPSA) is 87.5 Å². The van der Waals surface area contributed by atoms with Crippen LogP contribution in [0, 0.1) is 5.82 Å². The molecule has 1 aromatic heterocycles. The predicted octanol–water partition coefficient (Wildman–Crippen LogP) is 4.99. The van der Waals surface area contributed by atoms with E-state index in [1.165, 1.54) is 39.2 Å². The average Bonchev–Trinajstić information content (AvgIpc) is 3.31. The summed E-state index contributed by atoms with van der Waals surface area (Å²) in [4.78, 5) is 13.5. The monoisotopic (exact) mass is 536 g/mol. The number of nitrogens with one attached hydrogen (secondary N) is 1. The molecule has 8 nitrogen and oxygen atoms in total. The molecule has 0 bridgehead atoms. The zero-order valence-corrected chi connectivity index (χ0v) is 22.4. The van der Waals surface area contributed by atoms with Gasteiger partial charge in [-0.3, -0.25) is 4.79 Å². The van der Waals surface area contributed by atoms with Gasteiger partial charge in [-0.15, -0.1) is 10.2 Å². The number of hydrogen-bond acceptors (Lipinski definition) is 7. The number of thioether (sulfide) groups is 1. The first-order chi connectivity index (χ1) is 18.5. The first-order valence-electron chi connectivity index (χ1n) is 11.9. The summed E-state index contributed by atoms with van der Waals surface area (Å²) < 4.78 is 32.2. The number of methoxy groups -OCH3 is 3. The zero-order chi connectivity index (χ0) is 27.1. The number of carbonyl (C=O) groups is 1. The molecule has 198 valence electrons. The van der Waals surface area contributed by atoms with Crippen molar-refractivity contribution in [3.63, 3.8) is 0 Å². The molecule has 38 heavy (non-hydrogen) atoms. The fourth-order valence-electron chi connectivity index (χ4n) is 4.09. The summed E-state index contributed by atoms with van der Waals surface area (Å²) in [6.45, 7) is 0. The van der Waals surface area contributed by atoms with E-state index in [4.69, 9.17) is 14.2 Å². The number of benzene rings is 3. The zero-order valence-electron chi connectivity index (χ0n) is 21.6. The lowest BCUT2D eigenvalue weighted by Gasteiger charge is -2.20. The molecule has 0 unspecified atom stereocenters. The molecule has 0 aliphatic carbocycles. The molecule has 4 rings (SSSR count). The summed E-state index contributed by atoms with van der Waals surface area (Å²) in [6, 6.07) is 19.2. The molecule has 1 heterocycles. The van der Waals surface area contributed by atoms with Crippen LogP contribution in [0.1, 0.15) is 33.4 Å². The molecule has 0 fully saturated rings. The molecule has 0 spiro atoms. The molecule has 1 amide bonds. The maximum absolute atomic E-state index is 14.1. The van der Waals surface area contributed by atoms with E-state index in [9.17, 15) is 9.18 Å². The third-order valence-corrected chi connectivity index (χ3v) is 7.10. The van der Waals surface area contributed by atoms with Crippen molar-refractivity contribution < 1.29 is 23.4 Å². The normalized spacial score (nSPS) is 11.6. The SMILES string of the molecule is COc1ccc(C(=O)N[C@@H](Cc2ccccc2)c2nnc(SCc3ccccc3F)n2C)c(OC)c1OC. The van der Waals surface area contributed by atoms with E-state index in [0.29, 0.717) is 45.8 Å². The molecule has 1 N–H and O–H groups in total. The fraction of sp³-hybridized carbons (Fsp3) is 0.250. The molecule has 0 radical (unpaired) electrons. The smallest absolute Gasteiger partial charge is 0.255 e. The van der Waals surface area contributed by atoms with Gasteiger partial charge in [0.25, 0.3) is 5.91 Å². The quantitative estimate of drug-likeness (QED) is 0.270. The van der Waals surface area contributed by atoms with Gasteiger partial charge in [-0.1, -0.05) is 60.3 Å². The predicted molar refractivity (Wildman–Crippen MR) is 143 cm³/mol. The van der Waals surface area contributed by atoms with Crippen LogP contribution in [0.3, 0.4) is 0 Å². The van der Waals surface area contributed by atoms with Crippen LogP contribution in [-0.4, -0.2) is 42.0 Å². The number of aromatic nitrogens is 3. The van der Waals surface area contributed by atoms with Crippen LogP contribution in [-0.2, 0) is 19.2 Å². The minimum Gasteiger partial charge on any atom is -0.493 e. The van der Waals surface area contributed by atoms with E-state index in [0.717, 1.165) is 5.56 Å². The summed E-state index contributed by atoms with van der Waals surface area (Å²) in [6.07, 6.45) is 0.478. The van der Waals surface area contributed by atoms with Crippen molar-refractivity contribution in [2.75, 3.05) is 21.3 Å². The highest BCUT2D eigenvalue weighted by Gasteiger charge is 2.26. The molecule has 3 aromatic carbocycles. The summed E-state index contributed by atoms with van der Waals surface area (Å²) in [7, 11) is 6.31. The van der Waals surface area contributed by atoms with Crippen molar-refractivity contribution in [3.8, 4) is 17.2 Å². The van der Waals surface area contributed by atoms with Crippen LogP contribution in [0.5, 0.6) is 17.2 Å². The van der Waals surface area contributed by atoms with Crippen LogP contribution >= 0.6 is 11.8 Å². The van der Waals surface area contributed by atoms with E-state index in [2.05, 4.69) is 15.5 Å². The van der Waals surface area contributed by atoms with E-state index in [1.807, 2.05) is 41.9 Å². The molecule has 0 aliphatic heterocycles. The van der Waals surface area contributed by atoms with Crippen LogP contribution in [0.4, 0.5) is 4.39 Å². The number of carbonyl (C=O) groups excluding carboxylic acids is 1. The number of hydrogen-bond donors (Lipinski definition) is 1. The first kappa shape index (κ1) is 27.0. The van der Waals surface area contributed by atoms with E-state index in [1.54, 1.807) is 30.3 Å². The molecule has 0 aliphatic rings. The van der Waals surface area contributed by atoms with Gasteiger partial charge >= 0.3 is 0 Å². The summed E-state index contributed by atoms with van der Waals surface area (Å²) in [5.74, 6) is 1.38. The Hall–Kier alpha value is -4.05. The van der Waals surface area contributed by atoms with Gasteiger partial charge in [0.2, 0.25) is 5.75 Å². The molecule has 1 atom stereocenters. The van der Waals surface area contributed by atoms with Crippen LogP contribution in [0.2, 0.25) is 0 Å². The summed E-state index contributed by atoms with van der Waals surface area (Å²) >= 11 is 1.38. The third-order valence-electron chi connectivity index (χ3n) is 6.03. The second kappa shape index (κ2) is 12.5. The Kier molecular flexibility index (Phi) is 8.85. The molecule has 10 heteroatoms. The van der Waals surface area contributed by atoms with Crippen molar-refractivity contribution in [1.82, 2.24) is 20.1 Å². The molecular weight excluding hydrogens is 507 g/mol. The lowest BCUT2D eigenvalue weighted by Crippen LogP contribution is -2.32.